The first kappa shape index (κ1) is 13.0. The standard InChI is InChI=1S/C18H27N/c1-15(18-11-12-18)19(14-17-9-10-17)13-5-8-16-6-3-2-4-7-16/h2-3,5,8,16-18H,1,4,6-7,9-14H2/b8-5+. The van der Waals surface area contributed by atoms with Crippen LogP contribution in [0.4, 0.5) is 0 Å². The molecule has 19 heavy (non-hydrogen) atoms. The van der Waals surface area contributed by atoms with Gasteiger partial charge in [-0.2, -0.15) is 0 Å². The minimum absolute atomic E-state index is 0.780. The molecule has 0 bridgehead atoms. The average Bonchev–Trinajstić information content (AvgIpc) is 3.30. The Balaban J connectivity index is 1.49. The highest BCUT2D eigenvalue weighted by atomic mass is 15.1. The molecule has 1 heteroatoms. The molecule has 2 saturated carbocycles. The molecule has 2 fully saturated rings. The van der Waals surface area contributed by atoms with Gasteiger partial charge in [-0.25, -0.2) is 0 Å². The lowest BCUT2D eigenvalue weighted by Gasteiger charge is -2.26. The predicted molar refractivity (Wildman–Crippen MR) is 81.8 cm³/mol. The van der Waals surface area contributed by atoms with Crippen molar-refractivity contribution < 1.29 is 0 Å². The zero-order chi connectivity index (χ0) is 13.1. The molecule has 0 N–H and O–H groups in total. The van der Waals surface area contributed by atoms with Crippen LogP contribution in [0.25, 0.3) is 0 Å². The van der Waals surface area contributed by atoms with Gasteiger partial charge in [0, 0.05) is 18.8 Å². The number of hydrogen-bond donors (Lipinski definition) is 0. The van der Waals surface area contributed by atoms with Gasteiger partial charge in [-0.05, 0) is 62.7 Å². The molecular weight excluding hydrogens is 230 g/mol. The fourth-order valence-electron chi connectivity index (χ4n) is 2.97. The van der Waals surface area contributed by atoms with E-state index >= 15 is 0 Å². The number of rotatable bonds is 7. The third-order valence-electron chi connectivity index (χ3n) is 4.67. The Bertz CT molecular complexity index is 371. The Morgan fingerprint density at radius 3 is 2.63 bits per heavy atom. The summed E-state index contributed by atoms with van der Waals surface area (Å²) in [5, 5.41) is 0. The first-order chi connectivity index (χ1) is 9.33. The maximum atomic E-state index is 4.34. The van der Waals surface area contributed by atoms with Crippen LogP contribution in [0.5, 0.6) is 0 Å². The van der Waals surface area contributed by atoms with E-state index in [9.17, 15) is 0 Å². The first-order valence-electron chi connectivity index (χ1n) is 8.08. The van der Waals surface area contributed by atoms with Crippen molar-refractivity contribution in [2.75, 3.05) is 13.1 Å². The summed E-state index contributed by atoms with van der Waals surface area (Å²) in [6.45, 7) is 6.69. The molecule has 3 aliphatic rings. The molecule has 1 atom stereocenters. The maximum Gasteiger partial charge on any atom is 0.0356 e. The van der Waals surface area contributed by atoms with Crippen molar-refractivity contribution >= 4 is 0 Å². The van der Waals surface area contributed by atoms with Gasteiger partial charge < -0.3 is 4.90 Å². The maximum absolute atomic E-state index is 4.34. The number of allylic oxidation sites excluding steroid dienone is 4. The minimum Gasteiger partial charge on any atom is -0.371 e. The fraction of sp³-hybridized carbons (Fsp3) is 0.667. The molecule has 0 radical (unpaired) electrons. The van der Waals surface area contributed by atoms with Crippen LogP contribution in [0.3, 0.4) is 0 Å². The molecule has 1 nitrogen and oxygen atoms in total. The molecule has 0 amide bonds. The number of nitrogens with zero attached hydrogens (tertiary/aromatic N) is 1. The summed E-state index contributed by atoms with van der Waals surface area (Å²) in [7, 11) is 0. The van der Waals surface area contributed by atoms with Crippen molar-refractivity contribution in [2.45, 2.75) is 44.9 Å². The summed E-state index contributed by atoms with van der Waals surface area (Å²) in [5.74, 6) is 2.55. The summed E-state index contributed by atoms with van der Waals surface area (Å²) in [6, 6.07) is 0. The summed E-state index contributed by atoms with van der Waals surface area (Å²) in [6.07, 6.45) is 19.0. The highest BCUT2D eigenvalue weighted by molar-refractivity contribution is 5.10. The SMILES string of the molecule is C=C(C1CC1)N(C/C=C/C1CC=CCC1)CC1CC1. The van der Waals surface area contributed by atoms with Crippen LogP contribution in [0.1, 0.15) is 44.9 Å². The van der Waals surface area contributed by atoms with E-state index in [0.29, 0.717) is 0 Å². The second-order valence-electron chi connectivity index (χ2n) is 6.59. The van der Waals surface area contributed by atoms with Gasteiger partial charge in [0.1, 0.15) is 0 Å². The van der Waals surface area contributed by atoms with E-state index < -0.39 is 0 Å². The largest absolute Gasteiger partial charge is 0.371 e. The molecule has 3 rings (SSSR count). The Hall–Kier alpha value is -0.980. The smallest absolute Gasteiger partial charge is 0.0356 e. The zero-order valence-electron chi connectivity index (χ0n) is 12.1. The van der Waals surface area contributed by atoms with Crippen molar-refractivity contribution in [1.82, 2.24) is 4.90 Å². The molecule has 0 aromatic rings. The van der Waals surface area contributed by atoms with Crippen molar-refractivity contribution in [3.05, 3.63) is 36.6 Å². The van der Waals surface area contributed by atoms with Gasteiger partial charge in [0.05, 0.1) is 0 Å². The quantitative estimate of drug-likeness (QED) is 0.605. The second kappa shape index (κ2) is 5.98. The normalized spacial score (nSPS) is 26.8. The van der Waals surface area contributed by atoms with Crippen LogP contribution >= 0.6 is 0 Å². The third-order valence-corrected chi connectivity index (χ3v) is 4.67. The van der Waals surface area contributed by atoms with Crippen molar-refractivity contribution in [3.8, 4) is 0 Å². The Labute approximate surface area is 118 Å². The summed E-state index contributed by atoms with van der Waals surface area (Å²) < 4.78 is 0. The Morgan fingerprint density at radius 2 is 2.00 bits per heavy atom. The summed E-state index contributed by atoms with van der Waals surface area (Å²) in [4.78, 5) is 2.56. The van der Waals surface area contributed by atoms with E-state index in [-0.39, 0.29) is 0 Å². The van der Waals surface area contributed by atoms with Crippen molar-refractivity contribution in [3.63, 3.8) is 0 Å². The summed E-state index contributed by atoms with van der Waals surface area (Å²) in [5.41, 5.74) is 1.42. The Morgan fingerprint density at radius 1 is 1.16 bits per heavy atom. The van der Waals surface area contributed by atoms with Crippen molar-refractivity contribution in [1.29, 1.82) is 0 Å². The van der Waals surface area contributed by atoms with Gasteiger partial charge in [-0.1, -0.05) is 30.9 Å². The van der Waals surface area contributed by atoms with Crippen LogP contribution < -0.4 is 0 Å². The molecule has 0 heterocycles. The minimum atomic E-state index is 0.780. The fourth-order valence-corrected chi connectivity index (χ4v) is 2.97. The summed E-state index contributed by atoms with van der Waals surface area (Å²) >= 11 is 0. The van der Waals surface area contributed by atoms with E-state index in [1.54, 1.807) is 0 Å². The lowest BCUT2D eigenvalue weighted by atomic mass is 9.94. The number of hydrogen-bond acceptors (Lipinski definition) is 1. The first-order valence-corrected chi connectivity index (χ1v) is 8.08. The van der Waals surface area contributed by atoms with Gasteiger partial charge in [0.25, 0.3) is 0 Å². The third kappa shape index (κ3) is 3.99. The van der Waals surface area contributed by atoms with Crippen LogP contribution in [0.2, 0.25) is 0 Å². The van der Waals surface area contributed by atoms with Gasteiger partial charge in [-0.15, -0.1) is 0 Å². The average molecular weight is 257 g/mol. The molecular formula is C18H27N. The van der Waals surface area contributed by atoms with Crippen molar-refractivity contribution in [2.24, 2.45) is 17.8 Å². The van der Waals surface area contributed by atoms with Crippen LogP contribution in [-0.2, 0) is 0 Å². The van der Waals surface area contributed by atoms with Gasteiger partial charge in [0.2, 0.25) is 0 Å². The topological polar surface area (TPSA) is 3.24 Å². The van der Waals surface area contributed by atoms with E-state index in [0.717, 1.165) is 24.3 Å². The lowest BCUT2D eigenvalue weighted by Crippen LogP contribution is -2.26. The van der Waals surface area contributed by atoms with Crippen LogP contribution in [0, 0.1) is 17.8 Å². The molecule has 3 aliphatic carbocycles. The molecule has 1 unspecified atom stereocenters. The monoisotopic (exact) mass is 257 g/mol. The van der Waals surface area contributed by atoms with Crippen LogP contribution in [0.15, 0.2) is 36.6 Å². The van der Waals surface area contributed by atoms with E-state index in [1.807, 2.05) is 0 Å². The highest BCUT2D eigenvalue weighted by Crippen LogP contribution is 2.39. The molecule has 0 aliphatic heterocycles. The highest BCUT2D eigenvalue weighted by Gasteiger charge is 2.31. The van der Waals surface area contributed by atoms with E-state index in [1.165, 1.54) is 57.2 Å². The van der Waals surface area contributed by atoms with E-state index in [4.69, 9.17) is 0 Å². The van der Waals surface area contributed by atoms with E-state index in [2.05, 4.69) is 35.8 Å². The van der Waals surface area contributed by atoms with Gasteiger partial charge >= 0.3 is 0 Å². The molecule has 0 aromatic heterocycles. The molecule has 0 aromatic carbocycles. The van der Waals surface area contributed by atoms with Gasteiger partial charge in [0.15, 0.2) is 0 Å². The lowest BCUT2D eigenvalue weighted by molar-refractivity contribution is 0.345. The molecule has 0 saturated heterocycles. The van der Waals surface area contributed by atoms with Crippen LogP contribution in [-0.4, -0.2) is 18.0 Å². The Kier molecular flexibility index (Phi) is 4.10. The van der Waals surface area contributed by atoms with Gasteiger partial charge in [-0.3, -0.25) is 0 Å². The zero-order valence-corrected chi connectivity index (χ0v) is 12.1. The molecule has 0 spiro atoms. The molecule has 104 valence electrons. The second-order valence-corrected chi connectivity index (χ2v) is 6.59. The predicted octanol–water partition coefficient (Wildman–Crippen LogP) is 4.53.